The number of carbonyl (C=O) groups excluding carboxylic acids is 1. The van der Waals surface area contributed by atoms with E-state index in [9.17, 15) is 13.2 Å². The molecule has 1 aromatic heterocycles. The first-order valence-corrected chi connectivity index (χ1v) is 8.76. The molecule has 1 N–H and O–H groups in total. The molecule has 112 valence electrons. The van der Waals surface area contributed by atoms with Crippen LogP contribution in [0.15, 0.2) is 29.6 Å². The minimum absolute atomic E-state index is 0.247. The minimum Gasteiger partial charge on any atom is -0.487 e. The van der Waals surface area contributed by atoms with Gasteiger partial charge in [0, 0.05) is 10.9 Å². The zero-order valence-corrected chi connectivity index (χ0v) is 13.1. The van der Waals surface area contributed by atoms with Crippen molar-refractivity contribution >= 4 is 27.3 Å². The average molecular weight is 326 g/mol. The Bertz CT molecular complexity index is 736. The van der Waals surface area contributed by atoms with E-state index >= 15 is 0 Å². The number of amides is 1. The third-order valence-corrected chi connectivity index (χ3v) is 3.83. The smallest absolute Gasteiger partial charge is 0.264 e. The molecule has 21 heavy (non-hydrogen) atoms. The van der Waals surface area contributed by atoms with E-state index in [-0.39, 0.29) is 5.56 Å². The number of ether oxygens (including phenoxy) is 1. The molecular formula is C13H14N2O4S2. The van der Waals surface area contributed by atoms with Gasteiger partial charge in [-0.2, -0.15) is 0 Å². The summed E-state index contributed by atoms with van der Waals surface area (Å²) in [4.78, 5) is 15.9. The Kier molecular flexibility index (Phi) is 4.59. The van der Waals surface area contributed by atoms with E-state index in [1.54, 1.807) is 23.5 Å². The maximum absolute atomic E-state index is 11.6. The maximum Gasteiger partial charge on any atom is 0.264 e. The largest absolute Gasteiger partial charge is 0.487 e. The van der Waals surface area contributed by atoms with Crippen molar-refractivity contribution in [3.05, 3.63) is 45.9 Å². The summed E-state index contributed by atoms with van der Waals surface area (Å²) in [7, 11) is -3.56. The van der Waals surface area contributed by atoms with Gasteiger partial charge in [0.05, 0.1) is 17.0 Å². The zero-order chi connectivity index (χ0) is 15.5. The molecule has 0 fully saturated rings. The number of carbonyl (C=O) groups is 1. The van der Waals surface area contributed by atoms with E-state index in [0.717, 1.165) is 17.0 Å². The number of hydrogen-bond donors (Lipinski definition) is 1. The van der Waals surface area contributed by atoms with Crippen LogP contribution < -0.4 is 9.46 Å². The van der Waals surface area contributed by atoms with Crippen LogP contribution in [0.2, 0.25) is 0 Å². The third-order valence-electron chi connectivity index (χ3n) is 2.45. The number of aryl methyl sites for hydroxylation is 1. The number of nitrogens with one attached hydrogen (secondary N) is 1. The van der Waals surface area contributed by atoms with Crippen LogP contribution in [0.4, 0.5) is 0 Å². The lowest BCUT2D eigenvalue weighted by Crippen LogP contribution is -2.29. The summed E-state index contributed by atoms with van der Waals surface area (Å²) in [5, 5.41) is 2.89. The fourth-order valence-corrected chi connectivity index (χ4v) is 2.61. The lowest BCUT2D eigenvalue weighted by Gasteiger charge is -2.06. The Balaban J connectivity index is 1.97. The Hall–Kier alpha value is -1.93. The van der Waals surface area contributed by atoms with Crippen LogP contribution in [0, 0.1) is 6.92 Å². The SMILES string of the molecule is Cc1nc(COc2ccc(C(=O)NS(C)(=O)=O)cc2)cs1. The van der Waals surface area contributed by atoms with Crippen molar-refractivity contribution in [2.45, 2.75) is 13.5 Å². The van der Waals surface area contributed by atoms with Crippen molar-refractivity contribution in [3.63, 3.8) is 0 Å². The minimum atomic E-state index is -3.56. The molecule has 0 aliphatic carbocycles. The van der Waals surface area contributed by atoms with Crippen LogP contribution in [-0.4, -0.2) is 25.6 Å². The molecular weight excluding hydrogens is 312 g/mol. The first-order chi connectivity index (χ1) is 9.83. The highest BCUT2D eigenvalue weighted by Crippen LogP contribution is 2.15. The topological polar surface area (TPSA) is 85.4 Å². The number of thiazole rings is 1. The van der Waals surface area contributed by atoms with Gasteiger partial charge in [-0.1, -0.05) is 0 Å². The standard InChI is InChI=1S/C13H14N2O4S2/c1-9-14-11(8-20-9)7-19-12-5-3-10(4-6-12)13(16)15-21(2,17)18/h3-6,8H,7H2,1-2H3,(H,15,16). The molecule has 0 saturated carbocycles. The predicted molar refractivity (Wildman–Crippen MR) is 79.9 cm³/mol. The zero-order valence-electron chi connectivity index (χ0n) is 11.5. The maximum atomic E-state index is 11.6. The third kappa shape index (κ3) is 4.83. The summed E-state index contributed by atoms with van der Waals surface area (Å²) in [5.41, 5.74) is 1.09. The van der Waals surface area contributed by atoms with Gasteiger partial charge in [-0.25, -0.2) is 18.1 Å². The molecule has 0 bridgehead atoms. The highest BCUT2D eigenvalue weighted by molar-refractivity contribution is 7.89. The molecule has 8 heteroatoms. The lowest BCUT2D eigenvalue weighted by molar-refractivity contribution is 0.0981. The quantitative estimate of drug-likeness (QED) is 0.904. The normalized spacial score (nSPS) is 11.1. The number of rotatable bonds is 5. The molecule has 0 aliphatic heterocycles. The van der Waals surface area contributed by atoms with E-state index in [1.807, 2.05) is 17.0 Å². The van der Waals surface area contributed by atoms with Crippen molar-refractivity contribution < 1.29 is 17.9 Å². The molecule has 1 aromatic carbocycles. The number of hydrogen-bond acceptors (Lipinski definition) is 6. The van der Waals surface area contributed by atoms with Crippen LogP contribution in [0.3, 0.4) is 0 Å². The number of sulfonamides is 1. The monoisotopic (exact) mass is 326 g/mol. The van der Waals surface area contributed by atoms with Crippen LogP contribution in [-0.2, 0) is 16.6 Å². The Labute approximate surface area is 126 Å². The van der Waals surface area contributed by atoms with E-state index in [0.29, 0.717) is 12.4 Å². The van der Waals surface area contributed by atoms with Crippen molar-refractivity contribution in [2.24, 2.45) is 0 Å². The first-order valence-electron chi connectivity index (χ1n) is 5.99. The number of aromatic nitrogens is 1. The van der Waals surface area contributed by atoms with E-state index in [4.69, 9.17) is 4.74 Å². The van der Waals surface area contributed by atoms with Gasteiger partial charge in [-0.15, -0.1) is 11.3 Å². The van der Waals surface area contributed by atoms with Gasteiger partial charge in [0.25, 0.3) is 5.91 Å². The van der Waals surface area contributed by atoms with Gasteiger partial charge in [-0.05, 0) is 31.2 Å². The second-order valence-electron chi connectivity index (χ2n) is 4.37. The fraction of sp³-hybridized carbons (Fsp3) is 0.231. The summed E-state index contributed by atoms with van der Waals surface area (Å²) in [6.45, 7) is 2.27. The average Bonchev–Trinajstić information content (AvgIpc) is 2.81. The summed E-state index contributed by atoms with van der Waals surface area (Å²) in [5.74, 6) is -0.0873. The summed E-state index contributed by atoms with van der Waals surface area (Å²) < 4.78 is 29.4. The summed E-state index contributed by atoms with van der Waals surface area (Å²) >= 11 is 1.55. The second kappa shape index (κ2) is 6.23. The van der Waals surface area contributed by atoms with E-state index in [2.05, 4.69) is 4.98 Å². The Morgan fingerprint density at radius 1 is 1.33 bits per heavy atom. The molecule has 6 nitrogen and oxygen atoms in total. The molecule has 0 unspecified atom stereocenters. The van der Waals surface area contributed by atoms with Crippen LogP contribution in [0.5, 0.6) is 5.75 Å². The fourth-order valence-electron chi connectivity index (χ4n) is 1.56. The highest BCUT2D eigenvalue weighted by Gasteiger charge is 2.10. The van der Waals surface area contributed by atoms with Gasteiger partial charge in [-0.3, -0.25) is 4.79 Å². The first kappa shape index (κ1) is 15.5. The lowest BCUT2D eigenvalue weighted by atomic mass is 10.2. The molecule has 0 spiro atoms. The molecule has 0 atom stereocenters. The molecule has 2 aromatic rings. The van der Waals surface area contributed by atoms with Gasteiger partial charge in [0.15, 0.2) is 0 Å². The molecule has 0 radical (unpaired) electrons. The van der Waals surface area contributed by atoms with Crippen molar-refractivity contribution in [1.29, 1.82) is 0 Å². The summed E-state index contributed by atoms with van der Waals surface area (Å²) in [6, 6.07) is 6.22. The molecule has 0 saturated heterocycles. The molecule has 0 aliphatic rings. The second-order valence-corrected chi connectivity index (χ2v) is 7.18. The molecule has 2 rings (SSSR count). The van der Waals surface area contributed by atoms with Gasteiger partial charge in [0.1, 0.15) is 12.4 Å². The highest BCUT2D eigenvalue weighted by atomic mass is 32.2. The van der Waals surface area contributed by atoms with E-state index in [1.165, 1.54) is 12.1 Å². The van der Waals surface area contributed by atoms with E-state index < -0.39 is 15.9 Å². The van der Waals surface area contributed by atoms with Crippen molar-refractivity contribution in [3.8, 4) is 5.75 Å². The van der Waals surface area contributed by atoms with Crippen LogP contribution in [0.1, 0.15) is 21.1 Å². The van der Waals surface area contributed by atoms with Gasteiger partial charge < -0.3 is 4.74 Å². The van der Waals surface area contributed by atoms with Crippen LogP contribution >= 0.6 is 11.3 Å². The van der Waals surface area contributed by atoms with Crippen LogP contribution in [0.25, 0.3) is 0 Å². The van der Waals surface area contributed by atoms with Gasteiger partial charge in [0.2, 0.25) is 10.0 Å². The number of nitrogens with zero attached hydrogens (tertiary/aromatic N) is 1. The number of benzene rings is 1. The molecule has 1 amide bonds. The van der Waals surface area contributed by atoms with Crippen molar-refractivity contribution in [1.82, 2.24) is 9.71 Å². The van der Waals surface area contributed by atoms with Gasteiger partial charge >= 0.3 is 0 Å². The Morgan fingerprint density at radius 2 is 2.00 bits per heavy atom. The summed E-state index contributed by atoms with van der Waals surface area (Å²) in [6.07, 6.45) is 0.929. The van der Waals surface area contributed by atoms with Crippen molar-refractivity contribution in [2.75, 3.05) is 6.26 Å². The Morgan fingerprint density at radius 3 is 2.52 bits per heavy atom. The predicted octanol–water partition coefficient (Wildman–Crippen LogP) is 1.72. The molecule has 1 heterocycles.